The first-order valence-electron chi connectivity index (χ1n) is 9.02. The lowest BCUT2D eigenvalue weighted by atomic mass is 9.98. The van der Waals surface area contributed by atoms with Crippen molar-refractivity contribution < 1.29 is 0 Å². The molecule has 0 aliphatic carbocycles. The molecule has 0 N–H and O–H groups in total. The van der Waals surface area contributed by atoms with Crippen LogP contribution in [0.15, 0.2) is 58.1 Å². The summed E-state index contributed by atoms with van der Waals surface area (Å²) in [7, 11) is 0. The molecule has 0 bridgehead atoms. The van der Waals surface area contributed by atoms with Crippen molar-refractivity contribution in [2.45, 2.75) is 25.9 Å². The minimum Gasteiger partial charge on any atom is -0.285 e. The van der Waals surface area contributed by atoms with Gasteiger partial charge in [0.1, 0.15) is 5.65 Å². The van der Waals surface area contributed by atoms with Gasteiger partial charge in [-0.15, -0.1) is 22.7 Å². The highest BCUT2D eigenvalue weighted by Crippen LogP contribution is 2.39. The van der Waals surface area contributed by atoms with Gasteiger partial charge in [0.2, 0.25) is 0 Å². The molecule has 136 valence electrons. The van der Waals surface area contributed by atoms with Crippen LogP contribution in [-0.4, -0.2) is 20.8 Å². The summed E-state index contributed by atoms with van der Waals surface area (Å²) in [6, 6.07) is 12.4. The fourth-order valence-corrected chi connectivity index (χ4v) is 5.70. The molecule has 4 nitrogen and oxygen atoms in total. The second-order valence-electron chi connectivity index (χ2n) is 6.91. The summed E-state index contributed by atoms with van der Waals surface area (Å²) >= 11 is 3.65. The topological polar surface area (TPSA) is 37.6 Å². The summed E-state index contributed by atoms with van der Waals surface area (Å²) < 4.78 is 1.63. The van der Waals surface area contributed by atoms with E-state index in [2.05, 4.69) is 33.9 Å². The minimum atomic E-state index is -0.0143. The highest BCUT2D eigenvalue weighted by molar-refractivity contribution is 7.10. The van der Waals surface area contributed by atoms with Gasteiger partial charge in [0.25, 0.3) is 5.56 Å². The lowest BCUT2D eigenvalue weighted by molar-refractivity contribution is 0.206. The van der Waals surface area contributed by atoms with Gasteiger partial charge in [-0.05, 0) is 53.4 Å². The van der Waals surface area contributed by atoms with Gasteiger partial charge >= 0.3 is 0 Å². The summed E-state index contributed by atoms with van der Waals surface area (Å²) in [5.41, 5.74) is 4.00. The Labute approximate surface area is 165 Å². The molecule has 0 saturated heterocycles. The zero-order valence-electron chi connectivity index (χ0n) is 15.0. The molecule has 0 unspecified atom stereocenters. The molecule has 0 fully saturated rings. The molecule has 0 aromatic carbocycles. The van der Waals surface area contributed by atoms with Crippen LogP contribution in [0.5, 0.6) is 0 Å². The van der Waals surface area contributed by atoms with Gasteiger partial charge in [-0.2, -0.15) is 0 Å². The molecule has 0 spiro atoms. The van der Waals surface area contributed by atoms with Crippen LogP contribution < -0.4 is 5.56 Å². The van der Waals surface area contributed by atoms with E-state index >= 15 is 0 Å². The fourth-order valence-electron chi connectivity index (χ4n) is 3.92. The van der Waals surface area contributed by atoms with Crippen LogP contribution in [0, 0.1) is 6.92 Å². The summed E-state index contributed by atoms with van der Waals surface area (Å²) in [5, 5.41) is 4.33. The van der Waals surface area contributed by atoms with Crippen LogP contribution >= 0.6 is 22.7 Å². The second-order valence-corrected chi connectivity index (χ2v) is 8.89. The number of rotatable bonds is 3. The Morgan fingerprint density at radius 2 is 2.11 bits per heavy atom. The first-order valence-corrected chi connectivity index (χ1v) is 10.8. The Morgan fingerprint density at radius 1 is 1.19 bits per heavy atom. The number of hydrogen-bond acceptors (Lipinski definition) is 5. The van der Waals surface area contributed by atoms with Crippen LogP contribution in [0.3, 0.4) is 0 Å². The summed E-state index contributed by atoms with van der Waals surface area (Å²) in [4.78, 5) is 22.7. The van der Waals surface area contributed by atoms with Crippen LogP contribution in [0.4, 0.5) is 0 Å². The van der Waals surface area contributed by atoms with Gasteiger partial charge in [0.05, 0.1) is 11.7 Å². The summed E-state index contributed by atoms with van der Waals surface area (Å²) in [5.74, 6) is 0. The molecule has 4 aromatic heterocycles. The molecular formula is C21H19N3OS2. The number of aryl methyl sites for hydroxylation is 1. The molecule has 0 radical (unpaired) electrons. The predicted molar refractivity (Wildman–Crippen MR) is 111 cm³/mol. The molecule has 1 aliphatic heterocycles. The molecular weight excluding hydrogens is 374 g/mol. The fraction of sp³-hybridized carbons (Fsp3) is 0.238. The SMILES string of the molecule is Cc1cccn2c(=O)cc(CN3CCc4sccc4[C@H]3c3cccs3)nc12. The van der Waals surface area contributed by atoms with Crippen molar-refractivity contribution in [1.29, 1.82) is 0 Å². The van der Waals surface area contributed by atoms with Crippen molar-refractivity contribution in [3.05, 3.63) is 90.3 Å². The molecule has 1 atom stereocenters. The Morgan fingerprint density at radius 3 is 2.96 bits per heavy atom. The predicted octanol–water partition coefficient (Wildman–Crippen LogP) is 4.27. The number of nitrogens with zero attached hydrogens (tertiary/aromatic N) is 3. The lowest BCUT2D eigenvalue weighted by Crippen LogP contribution is -2.35. The number of fused-ring (bicyclic) bond motifs is 2. The van der Waals surface area contributed by atoms with Gasteiger partial charge in [0.15, 0.2) is 0 Å². The molecule has 5 rings (SSSR count). The average Bonchev–Trinajstić information content (AvgIpc) is 3.34. The van der Waals surface area contributed by atoms with E-state index in [0.29, 0.717) is 6.54 Å². The normalized spacial score (nSPS) is 17.3. The van der Waals surface area contributed by atoms with E-state index in [9.17, 15) is 4.79 Å². The van der Waals surface area contributed by atoms with Crippen LogP contribution in [-0.2, 0) is 13.0 Å². The van der Waals surface area contributed by atoms with E-state index < -0.39 is 0 Å². The van der Waals surface area contributed by atoms with Gasteiger partial charge in [0, 0.05) is 35.1 Å². The van der Waals surface area contributed by atoms with E-state index in [4.69, 9.17) is 4.98 Å². The van der Waals surface area contributed by atoms with Crippen molar-refractivity contribution in [1.82, 2.24) is 14.3 Å². The van der Waals surface area contributed by atoms with Crippen molar-refractivity contribution in [2.24, 2.45) is 0 Å². The quantitative estimate of drug-likeness (QED) is 0.522. The third-order valence-corrected chi connectivity index (χ3v) is 7.10. The highest BCUT2D eigenvalue weighted by Gasteiger charge is 2.30. The number of hydrogen-bond donors (Lipinski definition) is 0. The lowest BCUT2D eigenvalue weighted by Gasteiger charge is -2.35. The largest absolute Gasteiger partial charge is 0.285 e. The first-order chi connectivity index (χ1) is 13.2. The monoisotopic (exact) mass is 393 g/mol. The summed E-state index contributed by atoms with van der Waals surface area (Å²) in [6.07, 6.45) is 2.84. The molecule has 0 saturated carbocycles. The standard InChI is InChI=1S/C21H19N3OS2/c1-14-4-2-8-24-19(25)12-15(22-21(14)24)13-23-9-6-17-16(7-11-27-17)20(23)18-5-3-10-26-18/h2-5,7-8,10-12,20H,6,9,13H2,1H3/t20-/m0/s1. The maximum absolute atomic E-state index is 12.6. The molecule has 27 heavy (non-hydrogen) atoms. The van der Waals surface area contributed by atoms with E-state index in [-0.39, 0.29) is 11.6 Å². The minimum absolute atomic E-state index is 0.0143. The average molecular weight is 394 g/mol. The molecule has 0 amide bonds. The first kappa shape index (κ1) is 16.9. The number of pyridine rings is 1. The smallest absolute Gasteiger partial charge is 0.258 e. The third-order valence-electron chi connectivity index (χ3n) is 5.18. The third kappa shape index (κ3) is 2.94. The summed E-state index contributed by atoms with van der Waals surface area (Å²) in [6.45, 7) is 3.65. The van der Waals surface area contributed by atoms with Crippen LogP contribution in [0.1, 0.15) is 32.6 Å². The van der Waals surface area contributed by atoms with Gasteiger partial charge in [-0.1, -0.05) is 12.1 Å². The van der Waals surface area contributed by atoms with Gasteiger partial charge in [-0.3, -0.25) is 14.1 Å². The van der Waals surface area contributed by atoms with Crippen LogP contribution in [0.25, 0.3) is 5.65 Å². The molecule has 5 heterocycles. The van der Waals surface area contributed by atoms with Crippen molar-refractivity contribution in [3.8, 4) is 0 Å². The Hall–Kier alpha value is -2.28. The van der Waals surface area contributed by atoms with Gasteiger partial charge in [-0.25, -0.2) is 4.98 Å². The van der Waals surface area contributed by atoms with Gasteiger partial charge < -0.3 is 0 Å². The maximum Gasteiger partial charge on any atom is 0.258 e. The number of thiophene rings is 2. The second kappa shape index (κ2) is 6.71. The Balaban J connectivity index is 1.56. The van der Waals surface area contributed by atoms with E-state index in [1.807, 2.05) is 30.4 Å². The van der Waals surface area contributed by atoms with Crippen molar-refractivity contribution >= 4 is 28.3 Å². The zero-order chi connectivity index (χ0) is 18.4. The Kier molecular flexibility index (Phi) is 4.19. The Bertz CT molecular complexity index is 1160. The van der Waals surface area contributed by atoms with E-state index in [1.54, 1.807) is 28.0 Å². The molecule has 4 aromatic rings. The molecule has 6 heteroatoms. The van der Waals surface area contributed by atoms with Crippen molar-refractivity contribution in [2.75, 3.05) is 6.54 Å². The zero-order valence-corrected chi connectivity index (χ0v) is 16.6. The molecule has 1 aliphatic rings. The van der Waals surface area contributed by atoms with E-state index in [0.717, 1.165) is 29.9 Å². The van der Waals surface area contributed by atoms with E-state index in [1.165, 1.54) is 15.3 Å². The number of aromatic nitrogens is 2. The maximum atomic E-state index is 12.6. The van der Waals surface area contributed by atoms with Crippen LogP contribution in [0.2, 0.25) is 0 Å². The van der Waals surface area contributed by atoms with Crippen molar-refractivity contribution in [3.63, 3.8) is 0 Å². The highest BCUT2D eigenvalue weighted by atomic mass is 32.1.